The Morgan fingerprint density at radius 1 is 1.10 bits per heavy atom. The summed E-state index contributed by atoms with van der Waals surface area (Å²) in [5.41, 5.74) is 2.50. The topological polar surface area (TPSA) is 71.1 Å². The molecule has 148 valence electrons. The second kappa shape index (κ2) is 8.76. The maximum Gasteiger partial charge on any atom is 0.257 e. The molecule has 0 fully saturated rings. The average Bonchev–Trinajstić information content (AvgIpc) is 3.29. The first kappa shape index (κ1) is 19.6. The van der Waals surface area contributed by atoms with E-state index in [1.165, 1.54) is 16.9 Å². The highest BCUT2D eigenvalue weighted by Crippen LogP contribution is 2.38. The number of halogens is 1. The Labute approximate surface area is 178 Å². The molecule has 7 heteroatoms. The van der Waals surface area contributed by atoms with E-state index in [1.807, 2.05) is 18.2 Å². The molecule has 5 nitrogen and oxygen atoms in total. The van der Waals surface area contributed by atoms with Crippen molar-refractivity contribution >= 4 is 39.9 Å². The van der Waals surface area contributed by atoms with Gasteiger partial charge in [-0.3, -0.25) is 14.9 Å². The smallest absolute Gasteiger partial charge is 0.257 e. The van der Waals surface area contributed by atoms with Gasteiger partial charge in [-0.05, 0) is 49.1 Å². The normalized spacial score (nSPS) is 15.0. The molecule has 2 amide bonds. The summed E-state index contributed by atoms with van der Waals surface area (Å²) in [5.74, 6) is -0.489. The lowest BCUT2D eigenvalue weighted by Crippen LogP contribution is -2.30. The predicted molar refractivity (Wildman–Crippen MR) is 116 cm³/mol. The third kappa shape index (κ3) is 4.66. The maximum absolute atomic E-state index is 12.6. The summed E-state index contributed by atoms with van der Waals surface area (Å²) in [6.45, 7) is 0.596. The van der Waals surface area contributed by atoms with Gasteiger partial charge in [-0.25, -0.2) is 4.98 Å². The van der Waals surface area contributed by atoms with Crippen LogP contribution in [0.25, 0.3) is 0 Å². The Kier molecular flexibility index (Phi) is 5.92. The zero-order chi connectivity index (χ0) is 20.2. The van der Waals surface area contributed by atoms with Gasteiger partial charge in [0, 0.05) is 22.0 Å². The largest absolute Gasteiger partial charge is 0.355 e. The molecule has 0 spiro atoms. The van der Waals surface area contributed by atoms with E-state index < -0.39 is 0 Å². The summed E-state index contributed by atoms with van der Waals surface area (Å²) in [7, 11) is 0. The van der Waals surface area contributed by atoms with Crippen molar-refractivity contribution in [3.63, 3.8) is 0 Å². The average molecular weight is 426 g/mol. The second-order valence-corrected chi connectivity index (χ2v) is 8.43. The number of thiazole rings is 1. The summed E-state index contributed by atoms with van der Waals surface area (Å²) < 4.78 is 0. The van der Waals surface area contributed by atoms with Crippen molar-refractivity contribution < 1.29 is 9.59 Å². The first-order valence-corrected chi connectivity index (χ1v) is 10.7. The minimum atomic E-state index is -0.252. The van der Waals surface area contributed by atoms with Crippen LogP contribution < -0.4 is 10.6 Å². The highest BCUT2D eigenvalue weighted by molar-refractivity contribution is 7.16. The fourth-order valence-electron chi connectivity index (χ4n) is 3.40. The molecule has 1 unspecified atom stereocenters. The summed E-state index contributed by atoms with van der Waals surface area (Å²) >= 11 is 7.30. The molecular weight excluding hydrogens is 406 g/mol. The van der Waals surface area contributed by atoms with Gasteiger partial charge in [0.15, 0.2) is 5.13 Å². The quantitative estimate of drug-likeness (QED) is 0.613. The molecule has 1 heterocycles. The van der Waals surface area contributed by atoms with E-state index in [-0.39, 0.29) is 17.7 Å². The lowest BCUT2D eigenvalue weighted by atomic mass is 10.1. The minimum absolute atomic E-state index is 0.000518. The lowest BCUT2D eigenvalue weighted by Gasteiger charge is -2.11. The number of aromatic nitrogens is 1. The van der Waals surface area contributed by atoms with Crippen molar-refractivity contribution in [3.8, 4) is 0 Å². The highest BCUT2D eigenvalue weighted by Gasteiger charge is 2.32. The number of hydrogen-bond acceptors (Lipinski definition) is 4. The lowest BCUT2D eigenvalue weighted by molar-refractivity contribution is -0.122. The summed E-state index contributed by atoms with van der Waals surface area (Å²) in [5, 5.41) is 6.95. The molecule has 1 aliphatic rings. The minimum Gasteiger partial charge on any atom is -0.355 e. The van der Waals surface area contributed by atoms with Crippen LogP contribution >= 0.6 is 22.9 Å². The zero-order valence-electron chi connectivity index (χ0n) is 15.7. The molecule has 1 aromatic heterocycles. The fraction of sp³-hybridized carbons (Fsp3) is 0.227. The predicted octanol–water partition coefficient (Wildman–Crippen LogP) is 4.44. The number of carbonyl (C=O) groups excluding carboxylic acids is 2. The number of amides is 2. The molecule has 29 heavy (non-hydrogen) atoms. The van der Waals surface area contributed by atoms with E-state index in [0.29, 0.717) is 22.3 Å². The van der Waals surface area contributed by atoms with Crippen LogP contribution in [0.2, 0.25) is 5.02 Å². The van der Waals surface area contributed by atoms with Crippen LogP contribution in [0.1, 0.15) is 38.8 Å². The first-order chi connectivity index (χ1) is 14.1. The van der Waals surface area contributed by atoms with Crippen LogP contribution in [0.5, 0.6) is 0 Å². The first-order valence-electron chi connectivity index (χ1n) is 9.48. The number of rotatable bonds is 6. The fourth-order valence-corrected chi connectivity index (χ4v) is 4.56. The van der Waals surface area contributed by atoms with E-state index in [4.69, 9.17) is 11.6 Å². The van der Waals surface area contributed by atoms with Gasteiger partial charge in [0.05, 0.1) is 11.6 Å². The van der Waals surface area contributed by atoms with Crippen molar-refractivity contribution in [3.05, 3.63) is 81.3 Å². The van der Waals surface area contributed by atoms with Crippen molar-refractivity contribution in [2.24, 2.45) is 0 Å². The molecule has 0 radical (unpaired) electrons. The summed E-state index contributed by atoms with van der Waals surface area (Å²) in [4.78, 5) is 30.6. The molecule has 3 aromatic rings. The van der Waals surface area contributed by atoms with Gasteiger partial charge in [-0.2, -0.15) is 0 Å². The monoisotopic (exact) mass is 425 g/mol. The van der Waals surface area contributed by atoms with Gasteiger partial charge >= 0.3 is 0 Å². The second-order valence-electron chi connectivity index (χ2n) is 6.91. The van der Waals surface area contributed by atoms with Crippen molar-refractivity contribution in [1.29, 1.82) is 0 Å². The summed E-state index contributed by atoms with van der Waals surface area (Å²) in [6.07, 6.45) is 2.36. The number of carbonyl (C=O) groups is 2. The Morgan fingerprint density at radius 3 is 2.62 bits per heavy atom. The van der Waals surface area contributed by atoms with Crippen LogP contribution in [0.4, 0.5) is 5.13 Å². The molecule has 2 N–H and O–H groups in total. The molecular formula is C22H20ClN3O2S. The van der Waals surface area contributed by atoms with E-state index in [2.05, 4.69) is 27.8 Å². The highest BCUT2D eigenvalue weighted by atomic mass is 35.5. The third-order valence-corrected chi connectivity index (χ3v) is 6.22. The van der Waals surface area contributed by atoms with E-state index >= 15 is 0 Å². The number of aryl methyl sites for hydroxylation is 1. The van der Waals surface area contributed by atoms with Crippen molar-refractivity contribution in [2.45, 2.75) is 25.2 Å². The van der Waals surface area contributed by atoms with Gasteiger partial charge in [0.1, 0.15) is 0 Å². The van der Waals surface area contributed by atoms with E-state index in [9.17, 15) is 9.59 Å². The molecule has 0 saturated heterocycles. The number of anilines is 1. The van der Waals surface area contributed by atoms with Crippen molar-refractivity contribution in [1.82, 2.24) is 10.3 Å². The van der Waals surface area contributed by atoms with Crippen LogP contribution in [-0.4, -0.2) is 23.3 Å². The molecule has 4 rings (SSSR count). The Bertz CT molecular complexity index is 1020. The summed E-state index contributed by atoms with van der Waals surface area (Å²) in [6, 6.07) is 16.8. The van der Waals surface area contributed by atoms with Crippen LogP contribution in [0, 0.1) is 0 Å². The zero-order valence-corrected chi connectivity index (χ0v) is 17.2. The SMILES string of the molecule is O=C(Nc1nc2c(s1)CCC2C(=O)NCCc1ccccc1)c1ccc(Cl)cc1. The molecule has 0 saturated carbocycles. The van der Waals surface area contributed by atoms with Crippen LogP contribution in [0.3, 0.4) is 0 Å². The molecule has 2 aromatic carbocycles. The number of benzene rings is 2. The number of fused-ring (bicyclic) bond motifs is 1. The van der Waals surface area contributed by atoms with Gasteiger partial charge in [-0.15, -0.1) is 11.3 Å². The Morgan fingerprint density at radius 2 is 1.86 bits per heavy atom. The van der Waals surface area contributed by atoms with Gasteiger partial charge in [0.2, 0.25) is 5.91 Å². The van der Waals surface area contributed by atoms with Crippen LogP contribution in [0.15, 0.2) is 54.6 Å². The van der Waals surface area contributed by atoms with Crippen LogP contribution in [-0.2, 0) is 17.6 Å². The number of hydrogen-bond donors (Lipinski definition) is 2. The van der Waals surface area contributed by atoms with E-state index in [1.54, 1.807) is 24.3 Å². The molecule has 0 bridgehead atoms. The number of nitrogens with zero attached hydrogens (tertiary/aromatic N) is 1. The van der Waals surface area contributed by atoms with Crippen molar-refractivity contribution in [2.75, 3.05) is 11.9 Å². The molecule has 1 atom stereocenters. The Balaban J connectivity index is 1.36. The van der Waals surface area contributed by atoms with E-state index in [0.717, 1.165) is 29.8 Å². The number of nitrogens with one attached hydrogen (secondary N) is 2. The standard InChI is InChI=1S/C22H20ClN3O2S/c23-16-8-6-15(7-9-16)20(27)26-22-25-19-17(10-11-18(19)29-22)21(28)24-13-12-14-4-2-1-3-5-14/h1-9,17H,10-13H2,(H,24,28)(H,25,26,27). The molecule has 1 aliphatic carbocycles. The maximum atomic E-state index is 12.6. The van der Waals surface area contributed by atoms with Gasteiger partial charge in [0.25, 0.3) is 5.91 Å². The molecule has 0 aliphatic heterocycles. The van der Waals surface area contributed by atoms with Gasteiger partial charge in [-0.1, -0.05) is 41.9 Å². The van der Waals surface area contributed by atoms with Gasteiger partial charge < -0.3 is 5.32 Å². The third-order valence-electron chi connectivity index (χ3n) is 4.92. The Hall–Kier alpha value is -2.70.